The van der Waals surface area contributed by atoms with Gasteiger partial charge in [-0.15, -0.1) is 0 Å². The Balaban J connectivity index is 4.32. The molecule has 266 valence electrons. The average Bonchev–Trinajstić information content (AvgIpc) is 2.98. The predicted molar refractivity (Wildman–Crippen MR) is 185 cm³/mol. The molecule has 0 aliphatic rings. The van der Waals surface area contributed by atoms with E-state index in [-0.39, 0.29) is 25.8 Å². The molecule has 0 aromatic heterocycles. The molecule has 0 aromatic rings. The largest absolute Gasteiger partial charge is 0.756 e. The van der Waals surface area contributed by atoms with Gasteiger partial charge in [0.15, 0.2) is 0 Å². The van der Waals surface area contributed by atoms with Crippen LogP contribution in [0.25, 0.3) is 0 Å². The first-order valence-corrected chi connectivity index (χ1v) is 19.5. The molecule has 0 aliphatic carbocycles. The highest BCUT2D eigenvalue weighted by Crippen LogP contribution is 2.38. The first-order chi connectivity index (χ1) is 21.6. The molecule has 0 amide bonds. The number of likely N-dealkylation sites (N-methyl/N-ethyl adjacent to an activating group) is 1. The van der Waals surface area contributed by atoms with Crippen molar-refractivity contribution in [3.05, 3.63) is 24.3 Å². The number of nitrogens with zero attached hydrogens (tertiary/aromatic N) is 1. The number of phosphoric ester groups is 1. The highest BCUT2D eigenvalue weighted by Gasteiger charge is 2.20. The molecular formula is C36H70NO7P. The second-order valence-corrected chi connectivity index (χ2v) is 14.6. The molecule has 9 heteroatoms. The van der Waals surface area contributed by atoms with Gasteiger partial charge in [-0.3, -0.25) is 9.36 Å². The number of carbonyl (C=O) groups excluding carboxylic acids is 1. The molecule has 0 rings (SSSR count). The SMILES string of the molecule is CCC/C=C\C/C=C\CCCCCCCCOCC(COP(=O)([O-])OCC[N+](C)(C)C)OC(=O)CCCCCCCCCCC. The van der Waals surface area contributed by atoms with Crippen LogP contribution in [0.3, 0.4) is 0 Å². The lowest BCUT2D eigenvalue weighted by molar-refractivity contribution is -0.870. The lowest BCUT2D eigenvalue weighted by Gasteiger charge is -2.28. The summed E-state index contributed by atoms with van der Waals surface area (Å²) < 4.78 is 34.3. The highest BCUT2D eigenvalue weighted by atomic mass is 31.2. The maximum atomic E-state index is 12.5. The van der Waals surface area contributed by atoms with Crippen molar-refractivity contribution in [2.45, 2.75) is 148 Å². The molecule has 0 aliphatic heterocycles. The Kier molecular flexibility index (Phi) is 29.6. The van der Waals surface area contributed by atoms with E-state index in [0.29, 0.717) is 24.1 Å². The van der Waals surface area contributed by atoms with Crippen molar-refractivity contribution in [2.75, 3.05) is 54.1 Å². The fourth-order valence-electron chi connectivity index (χ4n) is 4.64. The topological polar surface area (TPSA) is 94.1 Å². The Labute approximate surface area is 277 Å². The second kappa shape index (κ2) is 30.3. The van der Waals surface area contributed by atoms with Crippen molar-refractivity contribution < 1.29 is 37.3 Å². The van der Waals surface area contributed by atoms with Crippen LogP contribution in [-0.4, -0.2) is 70.7 Å². The number of hydrogen-bond acceptors (Lipinski definition) is 7. The normalized spacial score (nSPS) is 14.4. The molecule has 0 heterocycles. The molecule has 8 nitrogen and oxygen atoms in total. The number of unbranched alkanes of at least 4 members (excludes halogenated alkanes) is 15. The second-order valence-electron chi connectivity index (χ2n) is 13.2. The minimum Gasteiger partial charge on any atom is -0.756 e. The van der Waals surface area contributed by atoms with Gasteiger partial charge in [-0.1, -0.05) is 122 Å². The molecular weight excluding hydrogens is 589 g/mol. The van der Waals surface area contributed by atoms with E-state index in [9.17, 15) is 14.3 Å². The van der Waals surface area contributed by atoms with Gasteiger partial charge < -0.3 is 27.9 Å². The molecule has 0 bridgehead atoms. The number of phosphoric acid groups is 1. The van der Waals surface area contributed by atoms with Gasteiger partial charge in [0.05, 0.1) is 34.4 Å². The van der Waals surface area contributed by atoms with Crippen LogP contribution in [0.15, 0.2) is 24.3 Å². The third kappa shape index (κ3) is 34.1. The van der Waals surface area contributed by atoms with Crippen LogP contribution in [0.1, 0.15) is 142 Å². The Morgan fingerprint density at radius 3 is 1.89 bits per heavy atom. The first-order valence-electron chi connectivity index (χ1n) is 18.1. The predicted octanol–water partition coefficient (Wildman–Crippen LogP) is 9.08. The van der Waals surface area contributed by atoms with E-state index in [1.165, 1.54) is 70.6 Å². The van der Waals surface area contributed by atoms with Gasteiger partial charge in [0.25, 0.3) is 7.82 Å². The van der Waals surface area contributed by atoms with E-state index in [1.807, 2.05) is 21.1 Å². The van der Waals surface area contributed by atoms with Crippen LogP contribution in [0.5, 0.6) is 0 Å². The molecule has 0 radical (unpaired) electrons. The first kappa shape index (κ1) is 44.0. The van der Waals surface area contributed by atoms with Crippen LogP contribution in [-0.2, 0) is 27.9 Å². The van der Waals surface area contributed by atoms with Crippen LogP contribution in [0, 0.1) is 0 Å². The van der Waals surface area contributed by atoms with E-state index in [2.05, 4.69) is 38.2 Å². The molecule has 45 heavy (non-hydrogen) atoms. The lowest BCUT2D eigenvalue weighted by atomic mass is 10.1. The quantitative estimate of drug-likeness (QED) is 0.0228. The van der Waals surface area contributed by atoms with Gasteiger partial charge in [-0.25, -0.2) is 0 Å². The van der Waals surface area contributed by atoms with E-state index in [0.717, 1.165) is 51.4 Å². The summed E-state index contributed by atoms with van der Waals surface area (Å²) in [7, 11) is 1.35. The van der Waals surface area contributed by atoms with Crippen molar-refractivity contribution in [2.24, 2.45) is 0 Å². The van der Waals surface area contributed by atoms with E-state index in [4.69, 9.17) is 18.5 Å². The fraction of sp³-hybridized carbons (Fsp3) is 0.861. The summed E-state index contributed by atoms with van der Waals surface area (Å²) in [6, 6.07) is 0. The number of rotatable bonds is 33. The zero-order chi connectivity index (χ0) is 33.5. The van der Waals surface area contributed by atoms with Gasteiger partial charge in [0.2, 0.25) is 0 Å². The van der Waals surface area contributed by atoms with Crippen LogP contribution in [0.4, 0.5) is 0 Å². The van der Waals surface area contributed by atoms with Crippen molar-refractivity contribution in [3.63, 3.8) is 0 Å². The summed E-state index contributed by atoms with van der Waals surface area (Å²) in [6.07, 6.45) is 30.4. The Hall–Kier alpha value is -1.02. The monoisotopic (exact) mass is 659 g/mol. The molecule has 0 fully saturated rings. The van der Waals surface area contributed by atoms with Gasteiger partial charge in [0.1, 0.15) is 19.3 Å². The molecule has 0 aromatic carbocycles. The van der Waals surface area contributed by atoms with Crippen molar-refractivity contribution in [3.8, 4) is 0 Å². The summed E-state index contributed by atoms with van der Waals surface area (Å²) in [4.78, 5) is 24.8. The number of allylic oxidation sites excluding steroid dienone is 4. The van der Waals surface area contributed by atoms with E-state index >= 15 is 0 Å². The summed E-state index contributed by atoms with van der Waals surface area (Å²) >= 11 is 0. The van der Waals surface area contributed by atoms with Crippen molar-refractivity contribution in [1.29, 1.82) is 0 Å². The Morgan fingerprint density at radius 1 is 0.689 bits per heavy atom. The fourth-order valence-corrected chi connectivity index (χ4v) is 5.37. The molecule has 0 N–H and O–H groups in total. The van der Waals surface area contributed by atoms with Gasteiger partial charge in [0, 0.05) is 13.0 Å². The summed E-state index contributed by atoms with van der Waals surface area (Å²) in [5.41, 5.74) is 0. The highest BCUT2D eigenvalue weighted by molar-refractivity contribution is 7.45. The number of carbonyl (C=O) groups is 1. The number of hydrogen-bond donors (Lipinski definition) is 0. The molecule has 0 saturated heterocycles. The zero-order valence-electron chi connectivity index (χ0n) is 29.8. The molecule has 2 atom stereocenters. The molecule has 0 spiro atoms. The smallest absolute Gasteiger partial charge is 0.306 e. The van der Waals surface area contributed by atoms with Gasteiger partial charge >= 0.3 is 5.97 Å². The van der Waals surface area contributed by atoms with Crippen molar-refractivity contribution in [1.82, 2.24) is 0 Å². The van der Waals surface area contributed by atoms with Crippen LogP contribution >= 0.6 is 7.82 Å². The van der Waals surface area contributed by atoms with Crippen LogP contribution < -0.4 is 4.89 Å². The number of esters is 1. The molecule has 2 unspecified atom stereocenters. The van der Waals surface area contributed by atoms with Gasteiger partial charge in [-0.05, 0) is 38.5 Å². The number of quaternary nitrogens is 1. The minimum atomic E-state index is -4.51. The third-order valence-corrected chi connectivity index (χ3v) is 8.45. The Bertz CT molecular complexity index is 782. The van der Waals surface area contributed by atoms with Crippen LogP contribution in [0.2, 0.25) is 0 Å². The average molecular weight is 660 g/mol. The minimum absolute atomic E-state index is 0.0251. The summed E-state index contributed by atoms with van der Waals surface area (Å²) in [5.74, 6) is -0.343. The number of ether oxygens (including phenoxy) is 2. The maximum Gasteiger partial charge on any atom is 0.306 e. The summed E-state index contributed by atoms with van der Waals surface area (Å²) in [6.45, 7) is 5.29. The Morgan fingerprint density at radius 2 is 1.27 bits per heavy atom. The standard InChI is InChI=1S/C36H70NO7P/c1-6-8-10-12-14-16-17-18-19-20-22-24-26-28-31-41-33-35(34-43-45(39,40)42-32-30-37(3,4)5)44-36(38)29-27-25-23-21-15-13-11-9-7-2/h10,12,16-17,35H,6-9,11,13-15,18-34H2,1-5H3/b12-10-,17-16-. The maximum absolute atomic E-state index is 12.5. The zero-order valence-corrected chi connectivity index (χ0v) is 30.7. The lowest BCUT2D eigenvalue weighted by Crippen LogP contribution is -2.37. The van der Waals surface area contributed by atoms with Gasteiger partial charge in [-0.2, -0.15) is 0 Å². The molecule has 0 saturated carbocycles. The van der Waals surface area contributed by atoms with Crippen molar-refractivity contribution >= 4 is 13.8 Å². The van der Waals surface area contributed by atoms with E-state index in [1.54, 1.807) is 0 Å². The van der Waals surface area contributed by atoms with E-state index < -0.39 is 13.9 Å². The summed E-state index contributed by atoms with van der Waals surface area (Å²) in [5, 5.41) is 0. The third-order valence-electron chi connectivity index (χ3n) is 7.49.